The lowest BCUT2D eigenvalue weighted by atomic mass is 9.94. The Labute approximate surface area is 152 Å². The summed E-state index contributed by atoms with van der Waals surface area (Å²) in [6.07, 6.45) is 5.45. The molecule has 0 N–H and O–H groups in total. The molecule has 2 aromatic heterocycles. The van der Waals surface area contributed by atoms with Crippen LogP contribution in [-0.2, 0) is 6.54 Å². The van der Waals surface area contributed by atoms with Crippen molar-refractivity contribution in [2.45, 2.75) is 50.7 Å². The molecule has 2 saturated heterocycles. The molecule has 0 amide bonds. The summed E-state index contributed by atoms with van der Waals surface area (Å²) >= 11 is 0. The van der Waals surface area contributed by atoms with Gasteiger partial charge < -0.3 is 4.52 Å². The van der Waals surface area contributed by atoms with Gasteiger partial charge in [-0.1, -0.05) is 35.5 Å². The quantitative estimate of drug-likeness (QED) is 0.719. The maximum Gasteiger partial charge on any atom is 0.278 e. The van der Waals surface area contributed by atoms with Crippen LogP contribution in [0.25, 0.3) is 11.6 Å². The van der Waals surface area contributed by atoms with Crippen LogP contribution in [0.5, 0.6) is 0 Å². The highest BCUT2D eigenvalue weighted by Crippen LogP contribution is 2.48. The van der Waals surface area contributed by atoms with Crippen LogP contribution in [0.4, 0.5) is 0 Å². The zero-order chi connectivity index (χ0) is 17.5. The maximum absolute atomic E-state index is 5.55. The Balaban J connectivity index is 1.43. The fourth-order valence-corrected chi connectivity index (χ4v) is 4.59. The average Bonchev–Trinajstić information content (AvgIpc) is 3.44. The molecule has 0 spiro atoms. The van der Waals surface area contributed by atoms with Crippen molar-refractivity contribution in [1.82, 2.24) is 24.8 Å². The minimum absolute atomic E-state index is 0.327. The molecule has 0 aliphatic carbocycles. The smallest absolute Gasteiger partial charge is 0.278 e. The maximum atomic E-state index is 5.55. The second-order valence-corrected chi connectivity index (χ2v) is 7.23. The van der Waals surface area contributed by atoms with E-state index < -0.39 is 0 Å². The van der Waals surface area contributed by atoms with E-state index in [2.05, 4.69) is 52.4 Å². The molecule has 0 radical (unpaired) electrons. The highest BCUT2D eigenvalue weighted by Gasteiger charge is 2.46. The van der Waals surface area contributed by atoms with E-state index in [0.29, 0.717) is 23.9 Å². The van der Waals surface area contributed by atoms with Crippen molar-refractivity contribution in [3.05, 3.63) is 54.0 Å². The fraction of sp³-hybridized carbons (Fsp3) is 0.450. The third kappa shape index (κ3) is 2.56. The van der Waals surface area contributed by atoms with E-state index >= 15 is 0 Å². The lowest BCUT2D eigenvalue weighted by Gasteiger charge is -2.24. The number of aryl methyl sites for hydroxylation is 1. The first-order valence-electron chi connectivity index (χ1n) is 9.51. The van der Waals surface area contributed by atoms with Crippen LogP contribution >= 0.6 is 0 Å². The van der Waals surface area contributed by atoms with Gasteiger partial charge in [-0.2, -0.15) is 10.1 Å². The van der Waals surface area contributed by atoms with Crippen LogP contribution in [0.3, 0.4) is 0 Å². The Bertz CT molecular complexity index is 887. The van der Waals surface area contributed by atoms with Gasteiger partial charge in [0.05, 0.1) is 0 Å². The SMILES string of the molecule is CCn1ccc(-c2nc([C@H]3C[C@@H](c4ccccc4)N4CCC[C@H]34)no2)n1. The van der Waals surface area contributed by atoms with E-state index in [9.17, 15) is 0 Å². The molecule has 3 aromatic rings. The van der Waals surface area contributed by atoms with Gasteiger partial charge in [0, 0.05) is 30.7 Å². The first-order chi connectivity index (χ1) is 12.8. The normalized spacial score (nSPS) is 25.7. The first-order valence-corrected chi connectivity index (χ1v) is 9.51. The molecule has 134 valence electrons. The molecule has 6 heteroatoms. The summed E-state index contributed by atoms with van der Waals surface area (Å²) in [5.74, 6) is 1.69. The fourth-order valence-electron chi connectivity index (χ4n) is 4.59. The summed E-state index contributed by atoms with van der Waals surface area (Å²) in [5, 5.41) is 8.81. The zero-order valence-corrected chi connectivity index (χ0v) is 15.0. The predicted octanol–water partition coefficient (Wildman–Crippen LogP) is 3.65. The number of nitrogens with zero attached hydrogens (tertiary/aromatic N) is 5. The van der Waals surface area contributed by atoms with Gasteiger partial charge in [-0.3, -0.25) is 9.58 Å². The van der Waals surface area contributed by atoms with Gasteiger partial charge in [-0.25, -0.2) is 0 Å². The van der Waals surface area contributed by atoms with E-state index in [1.807, 2.05) is 16.9 Å². The summed E-state index contributed by atoms with van der Waals surface area (Å²) in [7, 11) is 0. The van der Waals surface area contributed by atoms with E-state index in [1.165, 1.54) is 18.4 Å². The summed E-state index contributed by atoms with van der Waals surface area (Å²) < 4.78 is 7.43. The minimum Gasteiger partial charge on any atom is -0.332 e. The highest BCUT2D eigenvalue weighted by atomic mass is 16.5. The van der Waals surface area contributed by atoms with Gasteiger partial charge >= 0.3 is 0 Å². The second-order valence-electron chi connectivity index (χ2n) is 7.23. The van der Waals surface area contributed by atoms with Crippen LogP contribution in [0.2, 0.25) is 0 Å². The number of hydrogen-bond donors (Lipinski definition) is 0. The Hall–Kier alpha value is -2.47. The van der Waals surface area contributed by atoms with Crippen LogP contribution < -0.4 is 0 Å². The van der Waals surface area contributed by atoms with Crippen LogP contribution in [0.15, 0.2) is 47.1 Å². The van der Waals surface area contributed by atoms with E-state index in [0.717, 1.165) is 31.0 Å². The number of benzene rings is 1. The van der Waals surface area contributed by atoms with Gasteiger partial charge in [-0.15, -0.1) is 0 Å². The zero-order valence-electron chi connectivity index (χ0n) is 15.0. The molecular weight excluding hydrogens is 326 g/mol. The molecule has 1 aromatic carbocycles. The Morgan fingerprint density at radius 3 is 2.88 bits per heavy atom. The predicted molar refractivity (Wildman–Crippen MR) is 97.5 cm³/mol. The number of aromatic nitrogens is 4. The van der Waals surface area contributed by atoms with Gasteiger partial charge in [0.1, 0.15) is 0 Å². The Morgan fingerprint density at radius 2 is 2.08 bits per heavy atom. The monoisotopic (exact) mass is 349 g/mol. The third-order valence-corrected chi connectivity index (χ3v) is 5.83. The van der Waals surface area contributed by atoms with E-state index in [-0.39, 0.29) is 0 Å². The third-order valence-electron chi connectivity index (χ3n) is 5.83. The topological polar surface area (TPSA) is 60.0 Å². The number of hydrogen-bond acceptors (Lipinski definition) is 5. The molecule has 5 rings (SSSR count). The van der Waals surface area contributed by atoms with Crippen LogP contribution in [0, 0.1) is 0 Å². The van der Waals surface area contributed by atoms with Gasteiger partial charge in [0.25, 0.3) is 5.89 Å². The van der Waals surface area contributed by atoms with Crippen molar-refractivity contribution in [2.75, 3.05) is 6.54 Å². The van der Waals surface area contributed by atoms with Crippen molar-refractivity contribution in [3.8, 4) is 11.6 Å². The van der Waals surface area contributed by atoms with E-state index in [4.69, 9.17) is 9.51 Å². The number of fused-ring (bicyclic) bond motifs is 1. The van der Waals surface area contributed by atoms with E-state index in [1.54, 1.807) is 0 Å². The molecular formula is C20H23N5O. The Kier molecular flexibility index (Phi) is 3.85. The molecule has 0 saturated carbocycles. The molecule has 0 unspecified atom stereocenters. The molecule has 3 atom stereocenters. The number of rotatable bonds is 4. The van der Waals surface area contributed by atoms with Crippen LogP contribution in [-0.4, -0.2) is 37.4 Å². The molecule has 4 heterocycles. The van der Waals surface area contributed by atoms with Gasteiger partial charge in [-0.05, 0) is 44.4 Å². The van der Waals surface area contributed by atoms with Gasteiger partial charge in [0.2, 0.25) is 0 Å². The molecule has 2 aliphatic heterocycles. The Morgan fingerprint density at radius 1 is 1.19 bits per heavy atom. The van der Waals surface area contributed by atoms with Gasteiger partial charge in [0.15, 0.2) is 11.5 Å². The summed E-state index contributed by atoms with van der Waals surface area (Å²) in [4.78, 5) is 7.36. The minimum atomic E-state index is 0.327. The van der Waals surface area contributed by atoms with Crippen molar-refractivity contribution in [2.24, 2.45) is 0 Å². The van der Waals surface area contributed by atoms with Crippen LogP contribution in [0.1, 0.15) is 49.5 Å². The van der Waals surface area contributed by atoms with Crippen molar-refractivity contribution in [1.29, 1.82) is 0 Å². The van der Waals surface area contributed by atoms with Crippen molar-refractivity contribution < 1.29 is 4.52 Å². The van der Waals surface area contributed by atoms with Crippen molar-refractivity contribution in [3.63, 3.8) is 0 Å². The molecule has 6 nitrogen and oxygen atoms in total. The second kappa shape index (κ2) is 6.36. The average molecular weight is 349 g/mol. The molecule has 2 aliphatic rings. The standard InChI is InChI=1S/C20H23N5O/c1-2-24-12-10-16(22-24)20-21-19(23-26-20)15-13-18(14-7-4-3-5-8-14)25-11-6-9-17(15)25/h3-5,7-8,10,12,15,17-18H,2,6,9,11,13H2,1H3/t15-,17+,18-/m0/s1. The summed E-state index contributed by atoms with van der Waals surface area (Å²) in [5.41, 5.74) is 2.15. The first kappa shape index (κ1) is 15.8. The summed E-state index contributed by atoms with van der Waals surface area (Å²) in [6, 6.07) is 13.7. The highest BCUT2D eigenvalue weighted by molar-refractivity contribution is 5.45. The lowest BCUT2D eigenvalue weighted by molar-refractivity contribution is 0.243. The molecule has 2 fully saturated rings. The van der Waals surface area contributed by atoms with Crippen molar-refractivity contribution >= 4 is 0 Å². The lowest BCUT2D eigenvalue weighted by Crippen LogP contribution is -2.27. The largest absolute Gasteiger partial charge is 0.332 e. The molecule has 0 bridgehead atoms. The molecule has 26 heavy (non-hydrogen) atoms. The summed E-state index contributed by atoms with van der Waals surface area (Å²) in [6.45, 7) is 4.05.